The Morgan fingerprint density at radius 2 is 2.08 bits per heavy atom. The zero-order valence-electron chi connectivity index (χ0n) is 22.4. The number of rotatable bonds is 5. The van der Waals surface area contributed by atoms with Crippen molar-refractivity contribution in [1.29, 1.82) is 0 Å². The predicted molar refractivity (Wildman–Crippen MR) is 140 cm³/mol. The van der Waals surface area contributed by atoms with Crippen LogP contribution in [0, 0.1) is 0 Å². The lowest BCUT2D eigenvalue weighted by Crippen LogP contribution is -2.46. The number of aromatic nitrogens is 4. The molecule has 2 amide bonds. The minimum Gasteiger partial charge on any atom is -0.481 e. The fraction of sp³-hybridized carbons (Fsp3) is 0.556. The number of halogens is 2. The Bertz CT molecular complexity index is 1250. The number of hydrogen-bond acceptors (Lipinski definition) is 6. The summed E-state index contributed by atoms with van der Waals surface area (Å²) in [5.41, 5.74) is 2.65. The standard InChI is InChI=1S/C27H36F2N6O3/c1-5-35-18(2)19-15-21(24(37-4)31-16-19)22-17-34-13-12-30-23(34)25(33-22)38-14-8-6-7-9-20(32-26(35)36)10-11-27(3,28)29/h12-13,15-18,20H,5-11,14H2,1-4H3,(H,32,36)/t18-,20-/m1/s1. The summed E-state index contributed by atoms with van der Waals surface area (Å²) < 4.78 is 40.7. The van der Waals surface area contributed by atoms with Gasteiger partial charge in [0.15, 0.2) is 0 Å². The molecular weight excluding hydrogens is 494 g/mol. The van der Waals surface area contributed by atoms with Gasteiger partial charge in [-0.1, -0.05) is 6.42 Å². The van der Waals surface area contributed by atoms with Crippen molar-refractivity contribution in [1.82, 2.24) is 29.6 Å². The normalized spacial score (nSPS) is 19.5. The van der Waals surface area contributed by atoms with Gasteiger partial charge in [0.1, 0.15) is 0 Å². The number of carbonyl (C=O) groups is 1. The highest BCUT2D eigenvalue weighted by atomic mass is 19.3. The molecule has 4 rings (SSSR count). The van der Waals surface area contributed by atoms with Crippen LogP contribution in [0.5, 0.6) is 11.8 Å². The van der Waals surface area contributed by atoms with E-state index in [9.17, 15) is 13.6 Å². The molecule has 1 N–H and O–H groups in total. The highest BCUT2D eigenvalue weighted by Crippen LogP contribution is 2.33. The van der Waals surface area contributed by atoms with Crippen molar-refractivity contribution in [2.24, 2.45) is 0 Å². The van der Waals surface area contributed by atoms with Gasteiger partial charge in [-0.3, -0.25) is 0 Å². The average molecular weight is 531 g/mol. The SMILES string of the molecule is CCN1C(=O)N[C@@H](CCC(C)(F)F)CCCCCOc2nc(cn3ccnc23)-c2cc(cnc2OC)[C@H]1C. The van der Waals surface area contributed by atoms with Crippen LogP contribution in [0.15, 0.2) is 30.9 Å². The molecule has 9 nitrogen and oxygen atoms in total. The van der Waals surface area contributed by atoms with Gasteiger partial charge in [0.25, 0.3) is 5.88 Å². The summed E-state index contributed by atoms with van der Waals surface area (Å²) in [6.07, 6.45) is 9.93. The molecule has 0 unspecified atom stereocenters. The number of pyridine rings is 1. The smallest absolute Gasteiger partial charge is 0.318 e. The van der Waals surface area contributed by atoms with Crippen LogP contribution in [-0.4, -0.2) is 62.5 Å². The van der Waals surface area contributed by atoms with Gasteiger partial charge in [0.05, 0.1) is 31.0 Å². The van der Waals surface area contributed by atoms with Gasteiger partial charge in [-0.25, -0.2) is 28.5 Å². The van der Waals surface area contributed by atoms with Gasteiger partial charge < -0.3 is 24.1 Å². The zero-order chi connectivity index (χ0) is 27.3. The van der Waals surface area contributed by atoms with E-state index in [1.165, 1.54) is 0 Å². The molecule has 1 aliphatic heterocycles. The Balaban J connectivity index is 1.72. The number of nitrogens with zero attached hydrogens (tertiary/aromatic N) is 5. The van der Waals surface area contributed by atoms with E-state index in [0.29, 0.717) is 48.2 Å². The van der Waals surface area contributed by atoms with E-state index in [1.807, 2.05) is 36.7 Å². The second kappa shape index (κ2) is 11.9. The molecule has 1 aliphatic rings. The first-order valence-corrected chi connectivity index (χ1v) is 13.2. The van der Waals surface area contributed by atoms with Crippen LogP contribution in [0.4, 0.5) is 13.6 Å². The van der Waals surface area contributed by atoms with Gasteiger partial charge in [-0.2, -0.15) is 0 Å². The van der Waals surface area contributed by atoms with Crippen molar-refractivity contribution in [3.63, 3.8) is 0 Å². The third-order valence-corrected chi connectivity index (χ3v) is 6.93. The number of amides is 2. The summed E-state index contributed by atoms with van der Waals surface area (Å²) in [5.74, 6) is -1.98. The van der Waals surface area contributed by atoms with E-state index in [0.717, 1.165) is 31.7 Å². The largest absolute Gasteiger partial charge is 0.481 e. The number of alkyl halides is 2. The Labute approximate surface area is 221 Å². The van der Waals surface area contributed by atoms with Crippen LogP contribution >= 0.6 is 0 Å². The van der Waals surface area contributed by atoms with E-state index in [-0.39, 0.29) is 31.0 Å². The highest BCUT2D eigenvalue weighted by molar-refractivity contribution is 5.75. The minimum absolute atomic E-state index is 0.208. The van der Waals surface area contributed by atoms with Crippen molar-refractivity contribution in [2.75, 3.05) is 20.3 Å². The predicted octanol–water partition coefficient (Wildman–Crippen LogP) is 5.65. The van der Waals surface area contributed by atoms with Crippen molar-refractivity contribution < 1.29 is 23.0 Å². The second-order valence-electron chi connectivity index (χ2n) is 9.83. The monoisotopic (exact) mass is 530 g/mol. The molecule has 0 saturated heterocycles. The van der Waals surface area contributed by atoms with Crippen molar-refractivity contribution in [3.8, 4) is 23.0 Å². The summed E-state index contributed by atoms with van der Waals surface area (Å²) in [7, 11) is 1.54. The Morgan fingerprint density at radius 1 is 1.26 bits per heavy atom. The summed E-state index contributed by atoms with van der Waals surface area (Å²) in [5, 5.41) is 3.02. The maximum Gasteiger partial charge on any atom is 0.318 e. The van der Waals surface area contributed by atoms with Crippen LogP contribution in [0.2, 0.25) is 0 Å². The van der Waals surface area contributed by atoms with E-state index >= 15 is 0 Å². The van der Waals surface area contributed by atoms with Crippen LogP contribution in [-0.2, 0) is 0 Å². The number of fused-ring (bicyclic) bond motifs is 7. The first-order valence-electron chi connectivity index (χ1n) is 13.2. The molecule has 0 aromatic carbocycles. The lowest BCUT2D eigenvalue weighted by molar-refractivity contribution is 0.00804. The second-order valence-corrected chi connectivity index (χ2v) is 9.83. The third kappa shape index (κ3) is 6.49. The highest BCUT2D eigenvalue weighted by Gasteiger charge is 2.27. The molecule has 0 aliphatic carbocycles. The van der Waals surface area contributed by atoms with Crippen molar-refractivity contribution in [3.05, 3.63) is 36.4 Å². The Morgan fingerprint density at radius 3 is 2.82 bits per heavy atom. The minimum atomic E-state index is -2.78. The number of carbonyl (C=O) groups excluding carboxylic acids is 1. The molecule has 3 aromatic rings. The molecule has 0 spiro atoms. The molecule has 4 bridgehead atoms. The Kier molecular flexibility index (Phi) is 8.63. The Hall–Kier alpha value is -3.50. The maximum absolute atomic E-state index is 13.6. The van der Waals surface area contributed by atoms with E-state index in [1.54, 1.807) is 24.4 Å². The van der Waals surface area contributed by atoms with Gasteiger partial charge >= 0.3 is 6.03 Å². The van der Waals surface area contributed by atoms with Gasteiger partial charge in [0, 0.05) is 43.8 Å². The molecule has 11 heteroatoms. The number of ether oxygens (including phenoxy) is 2. The number of hydrogen-bond donors (Lipinski definition) is 1. The molecular formula is C27H36F2N6O3. The number of urea groups is 1. The van der Waals surface area contributed by atoms with Crippen LogP contribution in [0.25, 0.3) is 16.9 Å². The molecule has 0 saturated carbocycles. The van der Waals surface area contributed by atoms with Gasteiger partial charge in [-0.05, 0) is 58.1 Å². The average Bonchev–Trinajstić information content (AvgIpc) is 3.37. The molecule has 38 heavy (non-hydrogen) atoms. The first kappa shape index (κ1) is 27.5. The third-order valence-electron chi connectivity index (χ3n) is 6.93. The van der Waals surface area contributed by atoms with E-state index in [2.05, 4.69) is 15.3 Å². The first-order chi connectivity index (χ1) is 18.2. The lowest BCUT2D eigenvalue weighted by Gasteiger charge is -2.31. The molecule has 3 aromatic heterocycles. The number of imidazole rings is 1. The molecule has 2 atom stereocenters. The summed E-state index contributed by atoms with van der Waals surface area (Å²) >= 11 is 0. The molecule has 0 radical (unpaired) electrons. The van der Waals surface area contributed by atoms with Crippen molar-refractivity contribution >= 4 is 11.7 Å². The summed E-state index contributed by atoms with van der Waals surface area (Å²) in [4.78, 5) is 28.7. The van der Waals surface area contributed by atoms with Crippen LogP contribution in [0.3, 0.4) is 0 Å². The van der Waals surface area contributed by atoms with Crippen LogP contribution in [0.1, 0.15) is 70.9 Å². The quantitative estimate of drug-likeness (QED) is 0.458. The summed E-state index contributed by atoms with van der Waals surface area (Å²) in [6.45, 7) is 5.59. The number of nitrogens with one attached hydrogen (secondary N) is 1. The number of methoxy groups -OCH3 is 1. The fourth-order valence-electron chi connectivity index (χ4n) is 4.76. The summed E-state index contributed by atoms with van der Waals surface area (Å²) in [6, 6.07) is 0.939. The van der Waals surface area contributed by atoms with E-state index < -0.39 is 5.92 Å². The van der Waals surface area contributed by atoms with Gasteiger partial charge in [0.2, 0.25) is 17.4 Å². The zero-order valence-corrected chi connectivity index (χ0v) is 22.4. The maximum atomic E-state index is 13.6. The topological polar surface area (TPSA) is 93.9 Å². The van der Waals surface area contributed by atoms with E-state index in [4.69, 9.17) is 14.5 Å². The molecule has 206 valence electrons. The lowest BCUT2D eigenvalue weighted by atomic mass is 10.0. The molecule has 0 fully saturated rings. The van der Waals surface area contributed by atoms with Crippen molar-refractivity contribution in [2.45, 2.75) is 77.3 Å². The van der Waals surface area contributed by atoms with Crippen LogP contribution < -0.4 is 14.8 Å². The fourth-order valence-corrected chi connectivity index (χ4v) is 4.76. The molecule has 4 heterocycles. The van der Waals surface area contributed by atoms with Gasteiger partial charge in [-0.15, -0.1) is 0 Å².